The predicted molar refractivity (Wildman–Crippen MR) is 129 cm³/mol. The molecular formula is C25H24N2S2. The third kappa shape index (κ3) is 3.52. The Kier molecular flexibility index (Phi) is 5.00. The Hall–Kier alpha value is -2.40. The van der Waals surface area contributed by atoms with Crippen molar-refractivity contribution < 1.29 is 0 Å². The van der Waals surface area contributed by atoms with E-state index in [1.165, 1.54) is 42.7 Å². The van der Waals surface area contributed by atoms with Gasteiger partial charge in [0.25, 0.3) is 0 Å². The number of fused-ring (bicyclic) bond motifs is 3. The standard InChI is InChI=1S/C25H24N2S2/c1-17(2)26-11-12-27-22-9-7-18(24-5-3-13-28-24)15-20(22)21-16-19(8-10-23(21)27)25-6-4-14-29-25/h3-10,13-17,26H,11-12H2,1-2H3. The van der Waals surface area contributed by atoms with Gasteiger partial charge < -0.3 is 9.88 Å². The van der Waals surface area contributed by atoms with Gasteiger partial charge in [-0.2, -0.15) is 0 Å². The van der Waals surface area contributed by atoms with Gasteiger partial charge >= 0.3 is 0 Å². The first-order chi connectivity index (χ1) is 14.2. The van der Waals surface area contributed by atoms with E-state index in [2.05, 4.69) is 95.2 Å². The quantitative estimate of drug-likeness (QED) is 0.308. The van der Waals surface area contributed by atoms with Crippen molar-refractivity contribution >= 4 is 44.5 Å². The van der Waals surface area contributed by atoms with E-state index in [4.69, 9.17) is 0 Å². The maximum Gasteiger partial charge on any atom is 0.0492 e. The Morgan fingerprint density at radius 3 is 1.79 bits per heavy atom. The molecule has 0 aliphatic carbocycles. The molecule has 0 bridgehead atoms. The van der Waals surface area contributed by atoms with E-state index in [-0.39, 0.29) is 0 Å². The highest BCUT2D eigenvalue weighted by Gasteiger charge is 2.13. The molecule has 0 fully saturated rings. The molecule has 4 heteroatoms. The molecule has 0 saturated carbocycles. The summed E-state index contributed by atoms with van der Waals surface area (Å²) in [6.45, 7) is 6.34. The van der Waals surface area contributed by atoms with Crippen LogP contribution in [-0.4, -0.2) is 17.2 Å². The number of nitrogens with zero attached hydrogens (tertiary/aromatic N) is 1. The van der Waals surface area contributed by atoms with Crippen LogP contribution in [0.1, 0.15) is 13.8 Å². The van der Waals surface area contributed by atoms with Crippen LogP contribution in [-0.2, 0) is 6.54 Å². The number of nitrogens with one attached hydrogen (secondary N) is 1. The summed E-state index contributed by atoms with van der Waals surface area (Å²) in [5, 5.41) is 10.5. The average Bonchev–Trinajstić information content (AvgIpc) is 3.48. The van der Waals surface area contributed by atoms with Crippen LogP contribution < -0.4 is 5.32 Å². The molecule has 0 atom stereocenters. The lowest BCUT2D eigenvalue weighted by Crippen LogP contribution is -2.26. The van der Waals surface area contributed by atoms with Crippen molar-refractivity contribution in [3.8, 4) is 20.9 Å². The van der Waals surface area contributed by atoms with E-state index in [0.29, 0.717) is 6.04 Å². The molecule has 0 spiro atoms. The fourth-order valence-electron chi connectivity index (χ4n) is 4.00. The van der Waals surface area contributed by atoms with E-state index >= 15 is 0 Å². The number of aromatic nitrogens is 1. The molecule has 29 heavy (non-hydrogen) atoms. The van der Waals surface area contributed by atoms with E-state index in [0.717, 1.165) is 13.1 Å². The van der Waals surface area contributed by atoms with Gasteiger partial charge in [0, 0.05) is 50.7 Å². The normalized spacial score (nSPS) is 11.8. The molecule has 146 valence electrons. The average molecular weight is 417 g/mol. The first-order valence-corrected chi connectivity index (χ1v) is 11.8. The summed E-state index contributed by atoms with van der Waals surface area (Å²) < 4.78 is 2.47. The van der Waals surface area contributed by atoms with Crippen molar-refractivity contribution in [3.63, 3.8) is 0 Å². The number of hydrogen-bond acceptors (Lipinski definition) is 3. The molecule has 2 nitrogen and oxygen atoms in total. The van der Waals surface area contributed by atoms with E-state index in [9.17, 15) is 0 Å². The molecule has 0 unspecified atom stereocenters. The van der Waals surface area contributed by atoms with Crippen LogP contribution >= 0.6 is 22.7 Å². The highest BCUT2D eigenvalue weighted by atomic mass is 32.1. The molecule has 3 aromatic heterocycles. The molecule has 1 N–H and O–H groups in total. The van der Waals surface area contributed by atoms with Gasteiger partial charge in [-0.3, -0.25) is 0 Å². The van der Waals surface area contributed by atoms with Crippen molar-refractivity contribution in [2.24, 2.45) is 0 Å². The summed E-state index contributed by atoms with van der Waals surface area (Å²) >= 11 is 3.60. The second kappa shape index (κ2) is 7.79. The second-order valence-corrected chi connectivity index (χ2v) is 9.57. The molecule has 0 radical (unpaired) electrons. The SMILES string of the molecule is CC(C)NCCn1c2ccc(-c3cccs3)cc2c2cc(-c3cccs3)ccc21. The maximum atomic E-state index is 3.56. The topological polar surface area (TPSA) is 17.0 Å². The molecule has 2 aromatic carbocycles. The summed E-state index contributed by atoms with van der Waals surface area (Å²) in [5.74, 6) is 0. The Morgan fingerprint density at radius 1 is 0.793 bits per heavy atom. The van der Waals surface area contributed by atoms with Gasteiger partial charge in [-0.15, -0.1) is 22.7 Å². The zero-order chi connectivity index (χ0) is 19.8. The first-order valence-electron chi connectivity index (χ1n) is 10.1. The van der Waals surface area contributed by atoms with Crippen molar-refractivity contribution in [2.45, 2.75) is 26.4 Å². The van der Waals surface area contributed by atoms with Gasteiger partial charge in [0.05, 0.1) is 0 Å². The maximum absolute atomic E-state index is 3.56. The smallest absolute Gasteiger partial charge is 0.0492 e. The molecular weight excluding hydrogens is 392 g/mol. The molecule has 0 aliphatic rings. The third-order valence-electron chi connectivity index (χ3n) is 5.36. The summed E-state index contributed by atoms with van der Waals surface area (Å²) in [6.07, 6.45) is 0. The second-order valence-electron chi connectivity index (χ2n) is 7.68. The number of hydrogen-bond donors (Lipinski definition) is 1. The lowest BCUT2D eigenvalue weighted by Gasteiger charge is -2.11. The van der Waals surface area contributed by atoms with E-state index in [1.807, 2.05) is 0 Å². The minimum absolute atomic E-state index is 0.499. The van der Waals surface area contributed by atoms with Gasteiger partial charge in [0.1, 0.15) is 0 Å². The van der Waals surface area contributed by atoms with Gasteiger partial charge in [0.2, 0.25) is 0 Å². The summed E-state index contributed by atoms with van der Waals surface area (Å²) in [7, 11) is 0. The van der Waals surface area contributed by atoms with Crippen LogP contribution in [0.5, 0.6) is 0 Å². The lowest BCUT2D eigenvalue weighted by molar-refractivity contribution is 0.553. The third-order valence-corrected chi connectivity index (χ3v) is 7.20. The van der Waals surface area contributed by atoms with E-state index in [1.54, 1.807) is 22.7 Å². The monoisotopic (exact) mass is 416 g/mol. The van der Waals surface area contributed by atoms with Crippen LogP contribution in [0.2, 0.25) is 0 Å². The molecule has 3 heterocycles. The van der Waals surface area contributed by atoms with Crippen LogP contribution in [0.3, 0.4) is 0 Å². The minimum atomic E-state index is 0.499. The van der Waals surface area contributed by atoms with Crippen LogP contribution in [0.4, 0.5) is 0 Å². The summed E-state index contributed by atoms with van der Waals surface area (Å²) in [5.41, 5.74) is 5.23. The Bertz CT molecular complexity index is 1150. The number of thiophene rings is 2. The summed E-state index contributed by atoms with van der Waals surface area (Å²) in [4.78, 5) is 2.65. The minimum Gasteiger partial charge on any atom is -0.339 e. The van der Waals surface area contributed by atoms with Crippen molar-refractivity contribution in [2.75, 3.05) is 6.54 Å². The van der Waals surface area contributed by atoms with E-state index < -0.39 is 0 Å². The largest absolute Gasteiger partial charge is 0.339 e. The molecule has 0 amide bonds. The van der Waals surface area contributed by atoms with Gasteiger partial charge in [-0.05, 0) is 58.3 Å². The fourth-order valence-corrected chi connectivity index (χ4v) is 5.45. The summed E-state index contributed by atoms with van der Waals surface area (Å²) in [6, 6.07) is 23.0. The van der Waals surface area contributed by atoms with Crippen LogP contribution in [0, 0.1) is 0 Å². The van der Waals surface area contributed by atoms with Crippen molar-refractivity contribution in [1.29, 1.82) is 0 Å². The molecule has 0 saturated heterocycles. The molecule has 5 rings (SSSR count). The first kappa shape index (κ1) is 18.6. The van der Waals surface area contributed by atoms with Crippen LogP contribution in [0.25, 0.3) is 42.7 Å². The van der Waals surface area contributed by atoms with Gasteiger partial charge in [0.15, 0.2) is 0 Å². The highest BCUT2D eigenvalue weighted by Crippen LogP contribution is 2.36. The highest BCUT2D eigenvalue weighted by molar-refractivity contribution is 7.13. The Balaban J connectivity index is 1.69. The van der Waals surface area contributed by atoms with Gasteiger partial charge in [-0.1, -0.05) is 38.1 Å². The molecule has 5 aromatic rings. The van der Waals surface area contributed by atoms with Crippen molar-refractivity contribution in [1.82, 2.24) is 9.88 Å². The number of rotatable bonds is 6. The fraction of sp³-hybridized carbons (Fsp3) is 0.200. The zero-order valence-electron chi connectivity index (χ0n) is 16.7. The predicted octanol–water partition coefficient (Wildman–Crippen LogP) is 7.25. The Morgan fingerprint density at radius 2 is 1.34 bits per heavy atom. The lowest BCUT2D eigenvalue weighted by atomic mass is 10.1. The Labute approximate surface area is 179 Å². The van der Waals surface area contributed by atoms with Crippen molar-refractivity contribution in [3.05, 3.63) is 71.4 Å². The van der Waals surface area contributed by atoms with Crippen LogP contribution in [0.15, 0.2) is 71.4 Å². The number of benzene rings is 2. The zero-order valence-corrected chi connectivity index (χ0v) is 18.3. The van der Waals surface area contributed by atoms with Gasteiger partial charge in [-0.25, -0.2) is 0 Å². The molecule has 0 aliphatic heterocycles.